The number of halogens is 1. The van der Waals surface area contributed by atoms with Gasteiger partial charge in [0.05, 0.1) is 15.9 Å². The molecule has 2 unspecified atom stereocenters. The Balaban J connectivity index is 3.19. The van der Waals surface area contributed by atoms with E-state index in [0.29, 0.717) is 5.56 Å². The van der Waals surface area contributed by atoms with Gasteiger partial charge in [0.2, 0.25) is 10.0 Å². The van der Waals surface area contributed by atoms with Crippen molar-refractivity contribution in [3.8, 4) is 0 Å². The van der Waals surface area contributed by atoms with Crippen molar-refractivity contribution in [2.24, 2.45) is 0 Å². The van der Waals surface area contributed by atoms with Crippen LogP contribution in [0.25, 0.3) is 0 Å². The predicted octanol–water partition coefficient (Wildman–Crippen LogP) is 1.99. The number of sulfonamides is 1. The lowest BCUT2D eigenvalue weighted by Crippen LogP contribution is -2.35. The van der Waals surface area contributed by atoms with E-state index >= 15 is 0 Å². The number of aliphatic hydroxyl groups is 1. The van der Waals surface area contributed by atoms with Gasteiger partial charge in [-0.2, -0.15) is 0 Å². The number of nitro groups is 1. The van der Waals surface area contributed by atoms with Crippen LogP contribution >= 0.6 is 11.6 Å². The third-order valence-electron chi connectivity index (χ3n) is 2.78. The minimum atomic E-state index is -3.93. The number of nitro benzene ring substituents is 1. The zero-order valence-corrected chi connectivity index (χ0v) is 13.4. The second-order valence-corrected chi connectivity index (χ2v) is 7.02. The molecule has 2 atom stereocenters. The van der Waals surface area contributed by atoms with Gasteiger partial charge in [0, 0.05) is 12.1 Å². The van der Waals surface area contributed by atoms with Crippen LogP contribution in [0.1, 0.15) is 25.8 Å². The molecule has 118 valence electrons. The summed E-state index contributed by atoms with van der Waals surface area (Å²) < 4.78 is 26.9. The first kappa shape index (κ1) is 17.8. The summed E-state index contributed by atoms with van der Waals surface area (Å²) >= 11 is 5.73. The number of nitrogens with zero attached hydrogens (tertiary/aromatic N) is 1. The van der Waals surface area contributed by atoms with Crippen LogP contribution in [-0.4, -0.2) is 30.6 Å². The third-order valence-corrected chi connectivity index (χ3v) is 4.82. The van der Waals surface area contributed by atoms with Crippen molar-refractivity contribution in [2.45, 2.75) is 44.2 Å². The summed E-state index contributed by atoms with van der Waals surface area (Å²) in [7, 11) is -3.93. The highest BCUT2D eigenvalue weighted by Gasteiger charge is 2.25. The van der Waals surface area contributed by atoms with Crippen molar-refractivity contribution in [3.05, 3.63) is 32.8 Å². The molecule has 1 aromatic rings. The van der Waals surface area contributed by atoms with Crippen LogP contribution in [-0.2, 0) is 10.0 Å². The number of nitrogens with one attached hydrogen (secondary N) is 1. The molecule has 21 heavy (non-hydrogen) atoms. The lowest BCUT2D eigenvalue weighted by molar-refractivity contribution is -0.384. The highest BCUT2D eigenvalue weighted by molar-refractivity contribution is 7.89. The molecule has 0 aliphatic rings. The van der Waals surface area contributed by atoms with E-state index in [1.165, 1.54) is 13.0 Å². The van der Waals surface area contributed by atoms with Gasteiger partial charge in [0.15, 0.2) is 0 Å². The lowest BCUT2D eigenvalue weighted by Gasteiger charge is -2.16. The molecule has 0 spiro atoms. The molecule has 0 aliphatic carbocycles. The highest BCUT2D eigenvalue weighted by Crippen LogP contribution is 2.30. The fraction of sp³-hybridized carbons (Fsp3) is 0.500. The molecule has 1 rings (SSSR count). The van der Waals surface area contributed by atoms with E-state index in [9.17, 15) is 23.6 Å². The van der Waals surface area contributed by atoms with Crippen LogP contribution in [0.5, 0.6) is 0 Å². The van der Waals surface area contributed by atoms with E-state index in [-0.39, 0.29) is 16.3 Å². The van der Waals surface area contributed by atoms with Crippen molar-refractivity contribution >= 4 is 27.3 Å². The van der Waals surface area contributed by atoms with Gasteiger partial charge >= 0.3 is 0 Å². The van der Waals surface area contributed by atoms with Gasteiger partial charge in [-0.3, -0.25) is 10.1 Å². The summed E-state index contributed by atoms with van der Waals surface area (Å²) in [6, 6.07) is 1.67. The van der Waals surface area contributed by atoms with Crippen LogP contribution in [0.4, 0.5) is 5.69 Å². The summed E-state index contributed by atoms with van der Waals surface area (Å²) in [6.45, 7) is 4.65. The Labute approximate surface area is 128 Å². The van der Waals surface area contributed by atoms with Gasteiger partial charge in [0.25, 0.3) is 5.69 Å². The van der Waals surface area contributed by atoms with Crippen molar-refractivity contribution in [2.75, 3.05) is 0 Å². The minimum absolute atomic E-state index is 0.117. The van der Waals surface area contributed by atoms with Crippen LogP contribution in [0.2, 0.25) is 5.02 Å². The van der Waals surface area contributed by atoms with Crippen molar-refractivity contribution in [1.82, 2.24) is 4.72 Å². The standard InChI is InChI=1S/C12H17ClN2O5S/c1-7-4-10(13)11(15(17)18)6-12(7)21(19,20)14-8(2)5-9(3)16/h4,6,8-9,14,16H,5H2,1-3H3. The molecule has 0 aromatic heterocycles. The molecular formula is C12H17ClN2O5S. The molecule has 7 nitrogen and oxygen atoms in total. The summed E-state index contributed by atoms with van der Waals surface area (Å²) in [4.78, 5) is 9.92. The lowest BCUT2D eigenvalue weighted by atomic mass is 10.2. The second kappa shape index (κ2) is 6.69. The first-order chi connectivity index (χ1) is 9.54. The fourth-order valence-electron chi connectivity index (χ4n) is 1.96. The highest BCUT2D eigenvalue weighted by atomic mass is 35.5. The Kier molecular flexibility index (Phi) is 5.68. The van der Waals surface area contributed by atoms with Gasteiger partial charge < -0.3 is 5.11 Å². The summed E-state index contributed by atoms with van der Waals surface area (Å²) in [5.41, 5.74) is -0.159. The molecule has 2 N–H and O–H groups in total. The van der Waals surface area contributed by atoms with Crippen molar-refractivity contribution in [1.29, 1.82) is 0 Å². The summed E-state index contributed by atoms with van der Waals surface area (Å²) in [5.74, 6) is 0. The number of aliphatic hydroxyl groups excluding tert-OH is 1. The normalized spacial score (nSPS) is 14.7. The van der Waals surface area contributed by atoms with Crippen LogP contribution in [0, 0.1) is 17.0 Å². The van der Waals surface area contributed by atoms with Gasteiger partial charge in [-0.15, -0.1) is 0 Å². The van der Waals surface area contributed by atoms with Gasteiger partial charge in [0.1, 0.15) is 5.02 Å². The number of hydrogen-bond donors (Lipinski definition) is 2. The Morgan fingerprint density at radius 1 is 1.43 bits per heavy atom. The molecule has 9 heteroatoms. The van der Waals surface area contributed by atoms with E-state index in [4.69, 9.17) is 11.6 Å². The van der Waals surface area contributed by atoms with E-state index in [1.807, 2.05) is 0 Å². The second-order valence-electron chi connectivity index (χ2n) is 4.93. The first-order valence-corrected chi connectivity index (χ1v) is 8.05. The smallest absolute Gasteiger partial charge is 0.289 e. The molecule has 0 aliphatic heterocycles. The Hall–Kier alpha value is -1.22. The first-order valence-electron chi connectivity index (χ1n) is 6.19. The molecule has 1 aromatic carbocycles. The maximum Gasteiger partial charge on any atom is 0.289 e. The van der Waals surface area contributed by atoms with E-state index in [2.05, 4.69) is 4.72 Å². The largest absolute Gasteiger partial charge is 0.393 e. The minimum Gasteiger partial charge on any atom is -0.393 e. The molecule has 0 fully saturated rings. The number of hydrogen-bond acceptors (Lipinski definition) is 5. The Morgan fingerprint density at radius 3 is 2.48 bits per heavy atom. The predicted molar refractivity (Wildman–Crippen MR) is 78.9 cm³/mol. The summed E-state index contributed by atoms with van der Waals surface area (Å²) in [6.07, 6.45) is -0.433. The topological polar surface area (TPSA) is 110 Å². The van der Waals surface area contributed by atoms with Crippen molar-refractivity contribution < 1.29 is 18.4 Å². The average Bonchev–Trinajstić information content (AvgIpc) is 2.25. The zero-order valence-electron chi connectivity index (χ0n) is 11.8. The van der Waals surface area contributed by atoms with Crippen LogP contribution in [0.15, 0.2) is 17.0 Å². The quantitative estimate of drug-likeness (QED) is 0.609. The van der Waals surface area contributed by atoms with E-state index in [0.717, 1.165) is 6.07 Å². The number of rotatable bonds is 6. The van der Waals surface area contributed by atoms with Crippen LogP contribution in [0.3, 0.4) is 0 Å². The van der Waals surface area contributed by atoms with Crippen molar-refractivity contribution in [3.63, 3.8) is 0 Å². The maximum atomic E-state index is 12.3. The molecular weight excluding hydrogens is 320 g/mol. The van der Waals surface area contributed by atoms with Gasteiger partial charge in [-0.25, -0.2) is 13.1 Å². The molecule has 0 amide bonds. The van der Waals surface area contributed by atoms with Gasteiger partial charge in [-0.1, -0.05) is 11.6 Å². The van der Waals surface area contributed by atoms with E-state index in [1.54, 1.807) is 13.8 Å². The summed E-state index contributed by atoms with van der Waals surface area (Å²) in [5, 5.41) is 20.0. The molecule has 0 radical (unpaired) electrons. The Morgan fingerprint density at radius 2 is 2.00 bits per heavy atom. The van der Waals surface area contributed by atoms with E-state index < -0.39 is 32.8 Å². The van der Waals surface area contributed by atoms with Crippen LogP contribution < -0.4 is 4.72 Å². The molecule has 0 heterocycles. The molecule has 0 saturated heterocycles. The molecule has 0 saturated carbocycles. The maximum absolute atomic E-state index is 12.3. The zero-order chi connectivity index (χ0) is 16.4. The van der Waals surface area contributed by atoms with Gasteiger partial charge in [-0.05, 0) is 38.8 Å². The monoisotopic (exact) mass is 336 g/mol. The molecule has 0 bridgehead atoms. The number of aryl methyl sites for hydroxylation is 1. The third kappa shape index (κ3) is 4.63. The number of benzene rings is 1. The Bertz CT molecular complexity index is 645. The SMILES string of the molecule is Cc1cc(Cl)c([N+](=O)[O-])cc1S(=O)(=O)NC(C)CC(C)O. The average molecular weight is 337 g/mol. The fourth-order valence-corrected chi connectivity index (χ4v) is 3.75.